The molecule has 0 radical (unpaired) electrons. The molecule has 1 amide bonds. The van der Waals surface area contributed by atoms with Crippen molar-refractivity contribution in [2.75, 3.05) is 33.4 Å². The summed E-state index contributed by atoms with van der Waals surface area (Å²) in [6.07, 6.45) is 2.49. The van der Waals surface area contributed by atoms with Gasteiger partial charge in [0.05, 0.1) is 38.4 Å². The molecule has 1 aromatic heterocycles. The van der Waals surface area contributed by atoms with Crippen LogP contribution in [-0.2, 0) is 26.1 Å². The lowest BCUT2D eigenvalue weighted by Crippen LogP contribution is -2.49. The van der Waals surface area contributed by atoms with Gasteiger partial charge in [-0.25, -0.2) is 8.42 Å². The van der Waals surface area contributed by atoms with E-state index in [2.05, 4.69) is 4.98 Å². The van der Waals surface area contributed by atoms with Gasteiger partial charge in [-0.3, -0.25) is 9.78 Å². The Bertz CT molecular complexity index is 1010. The van der Waals surface area contributed by atoms with Gasteiger partial charge >= 0.3 is 0 Å². The quantitative estimate of drug-likeness (QED) is 0.716. The number of likely N-dealkylation sites (tertiary alicyclic amines) is 1. The van der Waals surface area contributed by atoms with Crippen LogP contribution in [0.5, 0.6) is 5.75 Å². The van der Waals surface area contributed by atoms with Crippen molar-refractivity contribution < 1.29 is 22.7 Å². The average Bonchev–Trinajstić information content (AvgIpc) is 3.12. The molecule has 2 aliphatic heterocycles. The molecule has 1 spiro atoms. The number of aromatic nitrogens is 1. The zero-order valence-corrected chi connectivity index (χ0v) is 17.7. The molecule has 2 aliphatic rings. The van der Waals surface area contributed by atoms with Gasteiger partial charge in [-0.1, -0.05) is 18.2 Å². The van der Waals surface area contributed by atoms with Crippen molar-refractivity contribution >= 4 is 15.9 Å². The number of benzene rings is 1. The molecule has 0 N–H and O–H groups in total. The molecular weight excluding hydrogens is 406 g/mol. The lowest BCUT2D eigenvalue weighted by Gasteiger charge is -2.31. The largest absolute Gasteiger partial charge is 0.483 e. The molecule has 0 unspecified atom stereocenters. The Morgan fingerprint density at radius 3 is 2.77 bits per heavy atom. The monoisotopic (exact) mass is 431 g/mol. The second kappa shape index (κ2) is 8.33. The molecule has 3 heterocycles. The van der Waals surface area contributed by atoms with Crippen molar-refractivity contribution in [3.05, 3.63) is 54.4 Å². The molecular formula is C21H25N3O5S. The Balaban J connectivity index is 1.67. The number of ether oxygens (including phenoxy) is 2. The minimum Gasteiger partial charge on any atom is -0.483 e. The highest BCUT2D eigenvalue weighted by atomic mass is 32.2. The average molecular weight is 432 g/mol. The van der Waals surface area contributed by atoms with Gasteiger partial charge < -0.3 is 14.4 Å². The van der Waals surface area contributed by atoms with Crippen LogP contribution in [0, 0.1) is 0 Å². The van der Waals surface area contributed by atoms with Crippen LogP contribution < -0.4 is 4.74 Å². The molecule has 1 aromatic carbocycles. The van der Waals surface area contributed by atoms with Gasteiger partial charge in [0.25, 0.3) is 0 Å². The SMILES string of the molecule is COCCC(=O)N1CC[C@]2(C1)CN(Cc1ccccn1)S(=O)(=O)c1ccccc1O2. The molecule has 0 aliphatic carbocycles. The third-order valence-corrected chi connectivity index (χ3v) is 7.34. The number of methoxy groups -OCH3 is 1. The molecule has 4 rings (SSSR count). The van der Waals surface area contributed by atoms with Crippen molar-refractivity contribution in [3.8, 4) is 5.75 Å². The third-order valence-electron chi connectivity index (χ3n) is 5.51. The fourth-order valence-electron chi connectivity index (χ4n) is 3.99. The first-order valence-electron chi connectivity index (χ1n) is 9.88. The summed E-state index contributed by atoms with van der Waals surface area (Å²) in [5.41, 5.74) is -0.154. The van der Waals surface area contributed by atoms with Crippen molar-refractivity contribution in [2.24, 2.45) is 0 Å². The van der Waals surface area contributed by atoms with E-state index in [1.807, 2.05) is 6.07 Å². The van der Waals surface area contributed by atoms with E-state index in [0.29, 0.717) is 44.0 Å². The molecule has 8 nitrogen and oxygen atoms in total. The van der Waals surface area contributed by atoms with Crippen LogP contribution >= 0.6 is 0 Å². The van der Waals surface area contributed by atoms with E-state index in [1.165, 1.54) is 4.31 Å². The lowest BCUT2D eigenvalue weighted by molar-refractivity contribution is -0.131. The Hall–Kier alpha value is -2.49. The molecule has 1 fully saturated rings. The van der Waals surface area contributed by atoms with Crippen molar-refractivity contribution in [1.29, 1.82) is 0 Å². The van der Waals surface area contributed by atoms with E-state index in [1.54, 1.807) is 54.6 Å². The Kier molecular flexibility index (Phi) is 5.77. The third kappa shape index (κ3) is 4.05. The van der Waals surface area contributed by atoms with Crippen molar-refractivity contribution in [2.45, 2.75) is 29.9 Å². The van der Waals surface area contributed by atoms with Gasteiger partial charge in [0.1, 0.15) is 16.2 Å². The van der Waals surface area contributed by atoms with E-state index in [9.17, 15) is 13.2 Å². The molecule has 1 atom stereocenters. The first kappa shape index (κ1) is 20.8. The number of rotatable bonds is 5. The minimum atomic E-state index is -3.79. The number of hydrogen-bond acceptors (Lipinski definition) is 6. The molecule has 160 valence electrons. The Morgan fingerprint density at radius 1 is 1.20 bits per heavy atom. The Labute approximate surface area is 176 Å². The Morgan fingerprint density at radius 2 is 2.00 bits per heavy atom. The second-order valence-electron chi connectivity index (χ2n) is 7.63. The van der Waals surface area contributed by atoms with Crippen LogP contribution in [0.15, 0.2) is 53.6 Å². The molecule has 9 heteroatoms. The first-order chi connectivity index (χ1) is 14.4. The number of sulfonamides is 1. The van der Waals surface area contributed by atoms with Crippen LogP contribution in [0.25, 0.3) is 0 Å². The van der Waals surface area contributed by atoms with Crippen molar-refractivity contribution in [1.82, 2.24) is 14.2 Å². The number of hydrogen-bond donors (Lipinski definition) is 0. The number of pyridine rings is 1. The highest BCUT2D eigenvalue weighted by Gasteiger charge is 2.48. The predicted octanol–water partition coefficient (Wildman–Crippen LogP) is 1.67. The van der Waals surface area contributed by atoms with E-state index in [4.69, 9.17) is 9.47 Å². The van der Waals surface area contributed by atoms with Gasteiger partial charge in [0.15, 0.2) is 0 Å². The van der Waals surface area contributed by atoms with E-state index < -0.39 is 15.6 Å². The number of para-hydroxylation sites is 1. The normalized spacial score (nSPS) is 23.0. The van der Waals surface area contributed by atoms with Crippen LogP contribution in [0.3, 0.4) is 0 Å². The summed E-state index contributed by atoms with van der Waals surface area (Å²) in [4.78, 5) is 18.7. The zero-order chi connectivity index (χ0) is 21.2. The van der Waals surface area contributed by atoms with Gasteiger partial charge in [0, 0.05) is 26.3 Å². The maximum Gasteiger partial charge on any atom is 0.247 e. The summed E-state index contributed by atoms with van der Waals surface area (Å²) in [6, 6.07) is 12.1. The van der Waals surface area contributed by atoms with Gasteiger partial charge in [-0.05, 0) is 24.3 Å². The van der Waals surface area contributed by atoms with Crippen molar-refractivity contribution in [3.63, 3.8) is 0 Å². The molecule has 30 heavy (non-hydrogen) atoms. The zero-order valence-electron chi connectivity index (χ0n) is 16.9. The highest BCUT2D eigenvalue weighted by Crippen LogP contribution is 2.39. The molecule has 2 aromatic rings. The van der Waals surface area contributed by atoms with Gasteiger partial charge in [-0.2, -0.15) is 4.31 Å². The maximum atomic E-state index is 13.4. The van der Waals surface area contributed by atoms with Gasteiger partial charge in [0.2, 0.25) is 15.9 Å². The fraction of sp³-hybridized carbons (Fsp3) is 0.429. The standard InChI is InChI=1S/C21H25N3O5S/c1-28-13-9-20(25)23-12-10-21(15-23)16-24(14-17-6-4-5-11-22-17)30(26,27)19-8-3-2-7-18(19)29-21/h2-8,11H,9-10,12-16H2,1H3/t21-/m0/s1. The van der Waals surface area contributed by atoms with Crippen LogP contribution in [-0.4, -0.2) is 67.5 Å². The number of nitrogens with zero attached hydrogens (tertiary/aromatic N) is 3. The summed E-state index contributed by atoms with van der Waals surface area (Å²) >= 11 is 0. The predicted molar refractivity (Wildman–Crippen MR) is 109 cm³/mol. The van der Waals surface area contributed by atoms with Crippen LogP contribution in [0.4, 0.5) is 0 Å². The number of carbonyl (C=O) groups excluding carboxylic acids is 1. The number of amides is 1. The number of fused-ring (bicyclic) bond motifs is 1. The van der Waals surface area contributed by atoms with E-state index in [-0.39, 0.29) is 23.9 Å². The molecule has 1 saturated heterocycles. The van der Waals surface area contributed by atoms with E-state index in [0.717, 1.165) is 0 Å². The highest BCUT2D eigenvalue weighted by molar-refractivity contribution is 7.89. The smallest absolute Gasteiger partial charge is 0.247 e. The molecule has 0 saturated carbocycles. The summed E-state index contributed by atoms with van der Waals surface area (Å²) < 4.78 is 39.7. The topological polar surface area (TPSA) is 89.0 Å². The summed E-state index contributed by atoms with van der Waals surface area (Å²) in [5.74, 6) is 0.307. The first-order valence-corrected chi connectivity index (χ1v) is 11.3. The van der Waals surface area contributed by atoms with Crippen LogP contribution in [0.1, 0.15) is 18.5 Å². The fourth-order valence-corrected chi connectivity index (χ4v) is 5.59. The number of carbonyl (C=O) groups is 1. The van der Waals surface area contributed by atoms with E-state index >= 15 is 0 Å². The van der Waals surface area contributed by atoms with Crippen LogP contribution in [0.2, 0.25) is 0 Å². The summed E-state index contributed by atoms with van der Waals surface area (Å²) in [7, 11) is -2.23. The second-order valence-corrected chi connectivity index (χ2v) is 9.54. The summed E-state index contributed by atoms with van der Waals surface area (Å²) in [5, 5.41) is 0. The minimum absolute atomic E-state index is 0.0195. The van der Waals surface area contributed by atoms with Gasteiger partial charge in [-0.15, -0.1) is 0 Å². The lowest BCUT2D eigenvalue weighted by atomic mass is 10.0. The maximum absolute atomic E-state index is 13.4. The summed E-state index contributed by atoms with van der Waals surface area (Å²) in [6.45, 7) is 1.49. The molecule has 0 bridgehead atoms.